The van der Waals surface area contributed by atoms with Gasteiger partial charge in [-0.25, -0.2) is 4.79 Å². The number of nitrogens with zero attached hydrogens (tertiary/aromatic N) is 2. The van der Waals surface area contributed by atoms with Crippen molar-refractivity contribution in [2.45, 2.75) is 77.9 Å². The summed E-state index contributed by atoms with van der Waals surface area (Å²) in [6.45, 7) is 10.1. The lowest BCUT2D eigenvalue weighted by atomic mass is 9.89. The Hall–Kier alpha value is -2.11. The fourth-order valence-electron chi connectivity index (χ4n) is 4.18. The number of anilines is 1. The third-order valence-electron chi connectivity index (χ3n) is 5.84. The third-order valence-corrected chi connectivity index (χ3v) is 7.01. The van der Waals surface area contributed by atoms with E-state index in [2.05, 4.69) is 28.5 Å². The normalized spacial score (nSPS) is 19.9. The first-order valence-electron chi connectivity index (χ1n) is 11.2. The lowest BCUT2D eigenvalue weighted by molar-refractivity contribution is -0.116. The summed E-state index contributed by atoms with van der Waals surface area (Å²) in [7, 11) is 0. The molecule has 170 valence electrons. The number of hydrogen-bond donors (Lipinski definition) is 2. The number of nitriles is 1. The van der Waals surface area contributed by atoms with Crippen molar-refractivity contribution in [2.75, 3.05) is 25.0 Å². The molecule has 8 heteroatoms. The van der Waals surface area contributed by atoms with Gasteiger partial charge in [-0.05, 0) is 64.4 Å². The summed E-state index contributed by atoms with van der Waals surface area (Å²) >= 11 is 1.57. The van der Waals surface area contributed by atoms with Crippen LogP contribution in [-0.4, -0.2) is 48.2 Å². The molecule has 1 aliphatic heterocycles. The number of thiophene rings is 1. The van der Waals surface area contributed by atoms with Crippen molar-refractivity contribution < 1.29 is 14.3 Å². The molecule has 2 heterocycles. The summed E-state index contributed by atoms with van der Waals surface area (Å²) < 4.78 is 5.32. The van der Waals surface area contributed by atoms with Gasteiger partial charge in [-0.2, -0.15) is 5.26 Å². The van der Waals surface area contributed by atoms with Gasteiger partial charge in [-0.1, -0.05) is 6.92 Å². The first-order chi connectivity index (χ1) is 14.6. The molecule has 0 spiro atoms. The second-order valence-corrected chi connectivity index (χ2v) is 10.8. The van der Waals surface area contributed by atoms with E-state index in [1.165, 1.54) is 4.88 Å². The molecule has 0 radical (unpaired) electrons. The molecule has 31 heavy (non-hydrogen) atoms. The van der Waals surface area contributed by atoms with Crippen molar-refractivity contribution >= 4 is 28.3 Å². The number of ether oxygens (including phenoxy) is 1. The zero-order valence-electron chi connectivity index (χ0n) is 19.0. The zero-order valence-corrected chi connectivity index (χ0v) is 19.9. The van der Waals surface area contributed by atoms with Crippen molar-refractivity contribution in [3.05, 3.63) is 16.0 Å². The molecule has 7 nitrogen and oxygen atoms in total. The Bertz CT molecular complexity index is 844. The van der Waals surface area contributed by atoms with E-state index >= 15 is 0 Å². The number of fused-ring (bicyclic) bond motifs is 1. The first-order valence-corrected chi connectivity index (χ1v) is 12.0. The van der Waals surface area contributed by atoms with Gasteiger partial charge in [0.25, 0.3) is 0 Å². The van der Waals surface area contributed by atoms with Crippen LogP contribution in [0.4, 0.5) is 9.80 Å². The SMILES string of the molecule is CC1CCc2c(sc(NC(=O)CCN3CCC(NC(=O)OC(C)(C)C)CC3)c2C#N)C1. The number of nitrogens with one attached hydrogen (secondary N) is 2. The second kappa shape index (κ2) is 10.0. The molecule has 1 saturated heterocycles. The number of likely N-dealkylation sites (tertiary alicyclic amines) is 1. The molecule has 2 N–H and O–H groups in total. The van der Waals surface area contributed by atoms with Crippen molar-refractivity contribution in [2.24, 2.45) is 5.92 Å². The van der Waals surface area contributed by atoms with Crippen LogP contribution in [0.15, 0.2) is 0 Å². The molecule has 0 saturated carbocycles. The minimum absolute atomic E-state index is 0.0443. The molecule has 2 amide bonds. The predicted octanol–water partition coefficient (Wildman–Crippen LogP) is 4.06. The summed E-state index contributed by atoms with van der Waals surface area (Å²) in [4.78, 5) is 28.0. The monoisotopic (exact) mass is 446 g/mol. The Balaban J connectivity index is 1.42. The molecule has 0 aromatic carbocycles. The van der Waals surface area contributed by atoms with E-state index in [1.807, 2.05) is 20.8 Å². The summed E-state index contributed by atoms with van der Waals surface area (Å²) in [6, 6.07) is 2.41. The Morgan fingerprint density at radius 3 is 2.61 bits per heavy atom. The highest BCUT2D eigenvalue weighted by Gasteiger charge is 2.26. The van der Waals surface area contributed by atoms with Gasteiger partial charge < -0.3 is 20.3 Å². The van der Waals surface area contributed by atoms with Gasteiger partial charge in [0.1, 0.15) is 16.7 Å². The number of carbonyl (C=O) groups excluding carboxylic acids is 2. The van der Waals surface area contributed by atoms with Gasteiger partial charge in [-0.3, -0.25) is 4.79 Å². The molecule has 1 aliphatic carbocycles. The van der Waals surface area contributed by atoms with Gasteiger partial charge in [-0.15, -0.1) is 11.3 Å². The highest BCUT2D eigenvalue weighted by molar-refractivity contribution is 7.16. The van der Waals surface area contributed by atoms with E-state index < -0.39 is 5.60 Å². The van der Waals surface area contributed by atoms with Gasteiger partial charge in [0, 0.05) is 37.0 Å². The van der Waals surface area contributed by atoms with Crippen LogP contribution in [0.5, 0.6) is 0 Å². The third kappa shape index (κ3) is 6.68. The molecule has 1 atom stereocenters. The average molecular weight is 447 g/mol. The van der Waals surface area contributed by atoms with Gasteiger partial charge in [0.2, 0.25) is 5.91 Å². The predicted molar refractivity (Wildman–Crippen MR) is 122 cm³/mol. The number of piperidine rings is 1. The fraction of sp³-hybridized carbons (Fsp3) is 0.696. The highest BCUT2D eigenvalue weighted by atomic mass is 32.1. The standard InChI is InChI=1S/C23H34N4O3S/c1-15-5-6-17-18(14-24)21(31-19(17)13-15)26-20(28)9-12-27-10-7-16(8-11-27)25-22(29)30-23(2,3)4/h15-16H,5-13H2,1-4H3,(H,25,29)(H,26,28). The maximum Gasteiger partial charge on any atom is 0.407 e. The smallest absolute Gasteiger partial charge is 0.407 e. The maximum atomic E-state index is 12.5. The van der Waals surface area contributed by atoms with E-state index in [0.29, 0.717) is 29.4 Å². The van der Waals surface area contributed by atoms with Gasteiger partial charge >= 0.3 is 6.09 Å². The molecule has 1 unspecified atom stereocenters. The van der Waals surface area contributed by atoms with E-state index in [1.54, 1.807) is 11.3 Å². The van der Waals surface area contributed by atoms with Crippen molar-refractivity contribution in [1.29, 1.82) is 5.26 Å². The van der Waals surface area contributed by atoms with Crippen LogP contribution in [0.2, 0.25) is 0 Å². The Kier molecular flexibility index (Phi) is 7.60. The summed E-state index contributed by atoms with van der Waals surface area (Å²) in [5, 5.41) is 16.2. The Labute approximate surface area is 189 Å². The fourth-order valence-corrected chi connectivity index (χ4v) is 5.56. The van der Waals surface area contributed by atoms with E-state index in [0.717, 1.165) is 50.8 Å². The van der Waals surface area contributed by atoms with E-state index in [-0.39, 0.29) is 18.0 Å². The number of amides is 2. The largest absolute Gasteiger partial charge is 0.444 e. The summed E-state index contributed by atoms with van der Waals surface area (Å²) in [5.74, 6) is 0.589. The molecule has 1 fully saturated rings. The van der Waals surface area contributed by atoms with Crippen molar-refractivity contribution in [3.63, 3.8) is 0 Å². The molecule has 2 aliphatic rings. The van der Waals surface area contributed by atoms with Gasteiger partial charge in [0.15, 0.2) is 0 Å². The first kappa shape index (κ1) is 23.6. The van der Waals surface area contributed by atoms with Gasteiger partial charge in [0.05, 0.1) is 5.56 Å². The topological polar surface area (TPSA) is 94.5 Å². The van der Waals surface area contributed by atoms with E-state index in [4.69, 9.17) is 4.74 Å². The van der Waals surface area contributed by atoms with Crippen LogP contribution in [-0.2, 0) is 22.4 Å². The average Bonchev–Trinajstić information content (AvgIpc) is 3.01. The maximum absolute atomic E-state index is 12.5. The van der Waals surface area contributed by atoms with Crippen LogP contribution in [0.3, 0.4) is 0 Å². The molecule has 0 bridgehead atoms. The summed E-state index contributed by atoms with van der Waals surface area (Å²) in [5.41, 5.74) is 1.30. The van der Waals surface area contributed by atoms with Crippen LogP contribution in [0, 0.1) is 17.2 Å². The number of carbonyl (C=O) groups is 2. The van der Waals surface area contributed by atoms with Crippen LogP contribution in [0.1, 0.15) is 69.4 Å². The Morgan fingerprint density at radius 1 is 1.26 bits per heavy atom. The molecule has 3 rings (SSSR count). The molecule has 1 aromatic heterocycles. The van der Waals surface area contributed by atoms with Crippen LogP contribution >= 0.6 is 11.3 Å². The number of alkyl carbamates (subject to hydrolysis) is 1. The van der Waals surface area contributed by atoms with Crippen molar-refractivity contribution in [1.82, 2.24) is 10.2 Å². The highest BCUT2D eigenvalue weighted by Crippen LogP contribution is 2.39. The van der Waals surface area contributed by atoms with Crippen LogP contribution < -0.4 is 10.6 Å². The Morgan fingerprint density at radius 2 is 1.97 bits per heavy atom. The summed E-state index contributed by atoms with van der Waals surface area (Å²) in [6.07, 6.45) is 4.74. The second-order valence-electron chi connectivity index (χ2n) is 9.73. The molecular weight excluding hydrogens is 412 g/mol. The van der Waals surface area contributed by atoms with Crippen molar-refractivity contribution in [3.8, 4) is 6.07 Å². The molecule has 1 aromatic rings. The molecular formula is C23H34N4O3S. The number of hydrogen-bond acceptors (Lipinski definition) is 6. The lowest BCUT2D eigenvalue weighted by Crippen LogP contribution is -2.46. The quantitative estimate of drug-likeness (QED) is 0.711. The minimum Gasteiger partial charge on any atom is -0.444 e. The van der Waals surface area contributed by atoms with E-state index in [9.17, 15) is 14.9 Å². The minimum atomic E-state index is -0.496. The zero-order chi connectivity index (χ0) is 22.6. The number of rotatable bonds is 5. The van der Waals surface area contributed by atoms with Crippen LogP contribution in [0.25, 0.3) is 0 Å². The lowest BCUT2D eigenvalue weighted by Gasteiger charge is -2.32.